The Morgan fingerprint density at radius 2 is 2.00 bits per heavy atom. The zero-order chi connectivity index (χ0) is 16.4. The molecule has 0 aliphatic carbocycles. The molecule has 0 fully saturated rings. The molecular formula is C17H21N5O. The number of aromatic nitrogens is 4. The molecule has 1 N–H and O–H groups in total. The first kappa shape index (κ1) is 15.4. The van der Waals surface area contributed by atoms with Crippen LogP contribution in [0.25, 0.3) is 11.0 Å². The van der Waals surface area contributed by atoms with Gasteiger partial charge in [0, 0.05) is 20.0 Å². The number of hydrogen-bond donors (Lipinski definition) is 1. The summed E-state index contributed by atoms with van der Waals surface area (Å²) in [5.41, 5.74) is 3.04. The third-order valence-corrected chi connectivity index (χ3v) is 3.79. The predicted octanol–water partition coefficient (Wildman–Crippen LogP) is 1.50. The Morgan fingerprint density at radius 1 is 1.22 bits per heavy atom. The number of rotatable bonds is 5. The Balaban J connectivity index is 1.78. The summed E-state index contributed by atoms with van der Waals surface area (Å²) in [6.07, 6.45) is 3.09. The Morgan fingerprint density at radius 3 is 2.78 bits per heavy atom. The maximum atomic E-state index is 12.0. The lowest BCUT2D eigenvalue weighted by atomic mass is 10.1. The Labute approximate surface area is 134 Å². The molecule has 0 unspecified atom stereocenters. The number of fused-ring (bicyclic) bond motifs is 1. The minimum Gasteiger partial charge on any atom is -0.310 e. The second-order valence-corrected chi connectivity index (χ2v) is 6.08. The van der Waals surface area contributed by atoms with Gasteiger partial charge in [-0.15, -0.1) is 0 Å². The van der Waals surface area contributed by atoms with Gasteiger partial charge < -0.3 is 9.88 Å². The molecule has 0 atom stereocenters. The van der Waals surface area contributed by atoms with E-state index in [0.29, 0.717) is 23.3 Å². The van der Waals surface area contributed by atoms with Gasteiger partial charge >= 0.3 is 0 Å². The first-order valence-corrected chi connectivity index (χ1v) is 7.66. The molecule has 6 heteroatoms. The minimum absolute atomic E-state index is 0.126. The summed E-state index contributed by atoms with van der Waals surface area (Å²) in [5, 5.41) is 4.62. The molecule has 120 valence electrons. The minimum atomic E-state index is -0.126. The lowest BCUT2D eigenvalue weighted by Crippen LogP contribution is -2.13. The summed E-state index contributed by atoms with van der Waals surface area (Å²) < 4.78 is 1.63. The van der Waals surface area contributed by atoms with Gasteiger partial charge in [-0.3, -0.25) is 9.48 Å². The van der Waals surface area contributed by atoms with Crippen molar-refractivity contribution in [3.63, 3.8) is 0 Å². The highest BCUT2D eigenvalue weighted by Crippen LogP contribution is 2.10. The molecule has 2 aromatic heterocycles. The van der Waals surface area contributed by atoms with Crippen molar-refractivity contribution in [2.45, 2.75) is 19.4 Å². The van der Waals surface area contributed by atoms with E-state index in [1.807, 2.05) is 0 Å². The topological polar surface area (TPSA) is 66.8 Å². The van der Waals surface area contributed by atoms with Crippen LogP contribution in [-0.4, -0.2) is 38.7 Å². The van der Waals surface area contributed by atoms with E-state index >= 15 is 0 Å². The van der Waals surface area contributed by atoms with Crippen LogP contribution in [0.3, 0.4) is 0 Å². The fraction of sp³-hybridized carbons (Fsp3) is 0.353. The van der Waals surface area contributed by atoms with Crippen molar-refractivity contribution in [3.8, 4) is 0 Å². The van der Waals surface area contributed by atoms with Crippen LogP contribution in [0.2, 0.25) is 0 Å². The highest BCUT2D eigenvalue weighted by Gasteiger charge is 2.08. The standard InChI is InChI=1S/C17H21N5O/c1-21(2)11-13-6-4-5-12(9-13)7-8-15-19-16-14(17(23)20-15)10-18-22(16)3/h4-6,9-10H,7-8,11H2,1-3H3,(H,19,20,23). The number of hydrogen-bond acceptors (Lipinski definition) is 4. The van der Waals surface area contributed by atoms with Gasteiger partial charge in [0.1, 0.15) is 11.2 Å². The van der Waals surface area contributed by atoms with Gasteiger partial charge in [-0.2, -0.15) is 5.10 Å². The van der Waals surface area contributed by atoms with Crippen molar-refractivity contribution < 1.29 is 0 Å². The van der Waals surface area contributed by atoms with E-state index in [0.717, 1.165) is 13.0 Å². The van der Waals surface area contributed by atoms with E-state index in [4.69, 9.17) is 0 Å². The number of aromatic amines is 1. The van der Waals surface area contributed by atoms with Gasteiger partial charge in [-0.25, -0.2) is 4.98 Å². The van der Waals surface area contributed by atoms with Crippen LogP contribution in [0, 0.1) is 0 Å². The van der Waals surface area contributed by atoms with E-state index in [1.54, 1.807) is 17.9 Å². The number of nitrogens with one attached hydrogen (secondary N) is 1. The fourth-order valence-electron chi connectivity index (χ4n) is 2.71. The first-order chi connectivity index (χ1) is 11.0. The monoisotopic (exact) mass is 311 g/mol. The second-order valence-electron chi connectivity index (χ2n) is 6.08. The average Bonchev–Trinajstić information content (AvgIpc) is 2.87. The number of aryl methyl sites for hydroxylation is 3. The SMILES string of the molecule is CN(C)Cc1cccc(CCc2nc3c(cnn3C)c(=O)[nH]2)c1. The fourth-order valence-corrected chi connectivity index (χ4v) is 2.71. The van der Waals surface area contributed by atoms with E-state index in [9.17, 15) is 4.79 Å². The zero-order valence-corrected chi connectivity index (χ0v) is 13.7. The molecular weight excluding hydrogens is 290 g/mol. The third-order valence-electron chi connectivity index (χ3n) is 3.79. The van der Waals surface area contributed by atoms with Gasteiger partial charge in [0.15, 0.2) is 5.65 Å². The summed E-state index contributed by atoms with van der Waals surface area (Å²) in [6.45, 7) is 0.921. The molecule has 3 aromatic rings. The van der Waals surface area contributed by atoms with Crippen LogP contribution < -0.4 is 5.56 Å². The highest BCUT2D eigenvalue weighted by atomic mass is 16.1. The second kappa shape index (κ2) is 6.34. The third kappa shape index (κ3) is 3.48. The van der Waals surface area contributed by atoms with Crippen LogP contribution in [0.15, 0.2) is 35.3 Å². The van der Waals surface area contributed by atoms with Crippen LogP contribution >= 0.6 is 0 Å². The maximum Gasteiger partial charge on any atom is 0.262 e. The van der Waals surface area contributed by atoms with Crippen molar-refractivity contribution in [3.05, 3.63) is 57.8 Å². The Bertz CT molecular complexity index is 878. The molecule has 1 aromatic carbocycles. The van der Waals surface area contributed by atoms with Gasteiger partial charge in [0.05, 0.1) is 6.20 Å². The predicted molar refractivity (Wildman–Crippen MR) is 90.4 cm³/mol. The van der Waals surface area contributed by atoms with Crippen molar-refractivity contribution in [1.29, 1.82) is 0 Å². The average molecular weight is 311 g/mol. The van der Waals surface area contributed by atoms with Crippen molar-refractivity contribution >= 4 is 11.0 Å². The summed E-state index contributed by atoms with van der Waals surface area (Å²) in [4.78, 5) is 21.6. The largest absolute Gasteiger partial charge is 0.310 e. The summed E-state index contributed by atoms with van der Waals surface area (Å²) in [6, 6.07) is 8.53. The van der Waals surface area contributed by atoms with Crippen molar-refractivity contribution in [2.75, 3.05) is 14.1 Å². The normalized spacial score (nSPS) is 11.5. The van der Waals surface area contributed by atoms with Crippen LogP contribution in [0.1, 0.15) is 17.0 Å². The number of H-pyrrole nitrogens is 1. The Hall–Kier alpha value is -2.47. The van der Waals surface area contributed by atoms with Gasteiger partial charge in [0.25, 0.3) is 5.56 Å². The van der Waals surface area contributed by atoms with Crippen molar-refractivity contribution in [1.82, 2.24) is 24.6 Å². The van der Waals surface area contributed by atoms with Gasteiger partial charge in [0.2, 0.25) is 0 Å². The zero-order valence-electron chi connectivity index (χ0n) is 13.7. The highest BCUT2D eigenvalue weighted by molar-refractivity contribution is 5.72. The lowest BCUT2D eigenvalue weighted by molar-refractivity contribution is 0.402. The molecule has 3 rings (SSSR count). The number of benzene rings is 1. The van der Waals surface area contributed by atoms with Crippen LogP contribution in [-0.2, 0) is 26.4 Å². The molecule has 0 amide bonds. The molecule has 0 aliphatic heterocycles. The van der Waals surface area contributed by atoms with E-state index in [2.05, 4.69) is 58.3 Å². The number of nitrogens with zero attached hydrogens (tertiary/aromatic N) is 4. The van der Waals surface area contributed by atoms with E-state index < -0.39 is 0 Å². The first-order valence-electron chi connectivity index (χ1n) is 7.66. The maximum absolute atomic E-state index is 12.0. The summed E-state index contributed by atoms with van der Waals surface area (Å²) in [7, 11) is 5.91. The molecule has 0 radical (unpaired) electrons. The molecule has 6 nitrogen and oxygen atoms in total. The molecule has 0 spiro atoms. The van der Waals surface area contributed by atoms with Crippen LogP contribution in [0.5, 0.6) is 0 Å². The summed E-state index contributed by atoms with van der Waals surface area (Å²) in [5.74, 6) is 0.698. The molecule has 0 saturated heterocycles. The van der Waals surface area contributed by atoms with Gasteiger partial charge in [-0.1, -0.05) is 24.3 Å². The molecule has 0 aliphatic rings. The van der Waals surface area contributed by atoms with Crippen LogP contribution in [0.4, 0.5) is 0 Å². The van der Waals surface area contributed by atoms with E-state index in [-0.39, 0.29) is 5.56 Å². The molecule has 23 heavy (non-hydrogen) atoms. The van der Waals surface area contributed by atoms with Crippen molar-refractivity contribution in [2.24, 2.45) is 7.05 Å². The van der Waals surface area contributed by atoms with E-state index in [1.165, 1.54) is 11.1 Å². The molecule has 2 heterocycles. The smallest absolute Gasteiger partial charge is 0.262 e. The quantitative estimate of drug-likeness (QED) is 0.775. The van der Waals surface area contributed by atoms with Gasteiger partial charge in [-0.05, 0) is 31.6 Å². The summed E-state index contributed by atoms with van der Waals surface area (Å²) >= 11 is 0. The lowest BCUT2D eigenvalue weighted by Gasteiger charge is -2.10. The molecule has 0 saturated carbocycles. The molecule has 0 bridgehead atoms. The Kier molecular flexibility index (Phi) is 4.25.